The molecule has 0 aromatic carbocycles. The molecule has 1 aromatic heterocycles. The van der Waals surface area contributed by atoms with Gasteiger partial charge in [0, 0.05) is 30.9 Å². The fraction of sp³-hybridized carbons (Fsp3) is 0.684. The zero-order chi connectivity index (χ0) is 22.4. The van der Waals surface area contributed by atoms with Crippen molar-refractivity contribution in [3.8, 4) is 0 Å². The highest BCUT2D eigenvalue weighted by atomic mass is 32.2. The van der Waals surface area contributed by atoms with Crippen molar-refractivity contribution < 1.29 is 26.4 Å². The number of nitrogens with one attached hydrogen (secondary N) is 2. The molecule has 0 bridgehead atoms. The molecule has 0 unspecified atom stereocenters. The van der Waals surface area contributed by atoms with Gasteiger partial charge < -0.3 is 15.1 Å². The van der Waals surface area contributed by atoms with Gasteiger partial charge in [0.25, 0.3) is 5.91 Å². The highest BCUT2D eigenvalue weighted by Gasteiger charge is 2.42. The van der Waals surface area contributed by atoms with Gasteiger partial charge in [-0.2, -0.15) is 13.2 Å². The van der Waals surface area contributed by atoms with E-state index >= 15 is 0 Å². The van der Waals surface area contributed by atoms with E-state index in [2.05, 4.69) is 15.0 Å². The number of sulfonamides is 1. The third kappa shape index (κ3) is 4.89. The first kappa shape index (κ1) is 22.1. The topological polar surface area (TPSA) is 94.6 Å². The van der Waals surface area contributed by atoms with Gasteiger partial charge in [-0.05, 0) is 38.0 Å². The molecular weight excluding hydrogens is 435 g/mol. The Morgan fingerprint density at radius 2 is 1.97 bits per heavy atom. The van der Waals surface area contributed by atoms with Crippen LogP contribution in [0.2, 0.25) is 0 Å². The SMILES string of the molecule is CS(=O)(=O)NCC1CCC(N2CN(CC(F)(F)F)C(=O)c3cnc4c(c32)CCN4)CC1. The lowest BCUT2D eigenvalue weighted by molar-refractivity contribution is -0.141. The van der Waals surface area contributed by atoms with E-state index in [1.807, 2.05) is 4.90 Å². The van der Waals surface area contributed by atoms with Gasteiger partial charge in [-0.25, -0.2) is 18.1 Å². The van der Waals surface area contributed by atoms with Crippen LogP contribution in [0.15, 0.2) is 6.20 Å². The minimum Gasteiger partial charge on any atom is -0.369 e. The standard InChI is InChI=1S/C19H26F3N5O3S/c1-31(29,30)25-8-12-2-4-13(5-3-12)27-11-26(10-19(20,21)22)18(28)15-9-24-17-14(16(15)27)6-7-23-17/h9,12-13,25H,2-8,10-11H2,1H3,(H,23,24). The number of halogens is 3. The van der Waals surface area contributed by atoms with Crippen LogP contribution in [0.25, 0.3) is 0 Å². The number of pyridine rings is 1. The number of alkyl halides is 3. The first-order chi connectivity index (χ1) is 14.5. The normalized spacial score (nSPS) is 24.1. The Balaban J connectivity index is 1.57. The number of hydrogen-bond acceptors (Lipinski definition) is 6. The van der Waals surface area contributed by atoms with Crippen molar-refractivity contribution in [2.75, 3.05) is 42.8 Å². The summed E-state index contributed by atoms with van der Waals surface area (Å²) in [7, 11) is -3.26. The smallest absolute Gasteiger partial charge is 0.369 e. The number of hydrogen-bond donors (Lipinski definition) is 2. The second-order valence-corrected chi connectivity index (χ2v) is 10.4. The van der Waals surface area contributed by atoms with E-state index in [9.17, 15) is 26.4 Å². The summed E-state index contributed by atoms with van der Waals surface area (Å²) in [4.78, 5) is 19.9. The third-order valence-electron chi connectivity index (χ3n) is 6.21. The highest BCUT2D eigenvalue weighted by molar-refractivity contribution is 7.88. The average molecular weight is 462 g/mol. The van der Waals surface area contributed by atoms with E-state index < -0.39 is 28.7 Å². The van der Waals surface area contributed by atoms with Crippen LogP contribution in [0.1, 0.15) is 41.6 Å². The van der Waals surface area contributed by atoms with Gasteiger partial charge in [0.05, 0.1) is 24.2 Å². The number of carbonyl (C=O) groups excluding carboxylic acids is 1. The molecule has 1 fully saturated rings. The number of rotatable bonds is 5. The van der Waals surface area contributed by atoms with Crippen LogP contribution in [0.5, 0.6) is 0 Å². The minimum absolute atomic E-state index is 0.0239. The molecule has 4 rings (SSSR count). The van der Waals surface area contributed by atoms with Gasteiger partial charge in [-0.15, -0.1) is 0 Å². The summed E-state index contributed by atoms with van der Waals surface area (Å²) < 4.78 is 64.6. The number of carbonyl (C=O) groups is 1. The number of nitrogens with zero attached hydrogens (tertiary/aromatic N) is 3. The van der Waals surface area contributed by atoms with Gasteiger partial charge in [-0.3, -0.25) is 4.79 Å². The predicted molar refractivity (Wildman–Crippen MR) is 109 cm³/mol. The summed E-state index contributed by atoms with van der Waals surface area (Å²) in [5.41, 5.74) is 1.81. The Morgan fingerprint density at radius 1 is 1.26 bits per heavy atom. The predicted octanol–water partition coefficient (Wildman–Crippen LogP) is 1.94. The Hall–Kier alpha value is -2.08. The molecule has 3 aliphatic rings. The molecular formula is C19H26F3N5O3S. The highest BCUT2D eigenvalue weighted by Crippen LogP contribution is 2.41. The van der Waals surface area contributed by atoms with E-state index in [0.29, 0.717) is 43.9 Å². The maximum absolute atomic E-state index is 13.1. The Kier molecular flexibility index (Phi) is 5.80. The monoisotopic (exact) mass is 461 g/mol. The van der Waals surface area contributed by atoms with Gasteiger partial charge in [-0.1, -0.05) is 0 Å². The molecule has 3 heterocycles. The van der Waals surface area contributed by atoms with Crippen molar-refractivity contribution in [2.24, 2.45) is 5.92 Å². The summed E-state index contributed by atoms with van der Waals surface area (Å²) >= 11 is 0. The lowest BCUT2D eigenvalue weighted by atomic mass is 9.84. The minimum atomic E-state index is -4.49. The molecule has 0 atom stereocenters. The number of anilines is 2. The van der Waals surface area contributed by atoms with Crippen LogP contribution in [-0.2, 0) is 16.4 Å². The van der Waals surface area contributed by atoms with Crippen molar-refractivity contribution in [2.45, 2.75) is 44.3 Å². The second-order valence-electron chi connectivity index (χ2n) is 8.55. The van der Waals surface area contributed by atoms with Crippen molar-refractivity contribution >= 4 is 27.4 Å². The molecule has 1 aromatic rings. The number of amides is 1. The van der Waals surface area contributed by atoms with Crippen LogP contribution in [0, 0.1) is 5.92 Å². The van der Waals surface area contributed by atoms with E-state index in [-0.39, 0.29) is 24.2 Å². The van der Waals surface area contributed by atoms with Crippen molar-refractivity contribution in [3.63, 3.8) is 0 Å². The number of aromatic nitrogens is 1. The molecule has 31 heavy (non-hydrogen) atoms. The third-order valence-corrected chi connectivity index (χ3v) is 6.90. The molecule has 1 aliphatic carbocycles. The van der Waals surface area contributed by atoms with Gasteiger partial charge in [0.2, 0.25) is 10.0 Å². The molecule has 0 radical (unpaired) electrons. The molecule has 12 heteroatoms. The summed E-state index contributed by atoms with van der Waals surface area (Å²) in [5, 5.41) is 3.17. The summed E-state index contributed by atoms with van der Waals surface area (Å²) in [5.74, 6) is 0.233. The maximum atomic E-state index is 13.1. The lowest BCUT2D eigenvalue weighted by Gasteiger charge is -2.45. The Labute approximate surface area is 179 Å². The van der Waals surface area contributed by atoms with E-state index in [4.69, 9.17) is 0 Å². The second kappa shape index (κ2) is 8.12. The van der Waals surface area contributed by atoms with Gasteiger partial charge in [0.1, 0.15) is 12.4 Å². The number of fused-ring (bicyclic) bond motifs is 3. The summed E-state index contributed by atoms with van der Waals surface area (Å²) in [6, 6.07) is -0.0239. The van der Waals surface area contributed by atoms with E-state index in [1.165, 1.54) is 6.20 Å². The van der Waals surface area contributed by atoms with Crippen LogP contribution in [0.4, 0.5) is 24.7 Å². The molecule has 2 N–H and O–H groups in total. The Morgan fingerprint density at radius 3 is 2.61 bits per heavy atom. The summed E-state index contributed by atoms with van der Waals surface area (Å²) in [6.07, 6.45) is 1.64. The van der Waals surface area contributed by atoms with Gasteiger partial charge in [0.15, 0.2) is 0 Å². The van der Waals surface area contributed by atoms with Crippen LogP contribution < -0.4 is 14.9 Å². The van der Waals surface area contributed by atoms with Crippen LogP contribution >= 0.6 is 0 Å². The van der Waals surface area contributed by atoms with E-state index in [0.717, 1.165) is 29.6 Å². The van der Waals surface area contributed by atoms with Crippen molar-refractivity contribution in [1.82, 2.24) is 14.6 Å². The summed E-state index contributed by atoms with van der Waals surface area (Å²) in [6.45, 7) is -0.371. The zero-order valence-corrected chi connectivity index (χ0v) is 18.0. The molecule has 1 saturated carbocycles. The largest absolute Gasteiger partial charge is 0.406 e. The molecule has 8 nitrogen and oxygen atoms in total. The molecule has 1 amide bonds. The van der Waals surface area contributed by atoms with Crippen molar-refractivity contribution in [3.05, 3.63) is 17.3 Å². The fourth-order valence-corrected chi connectivity index (χ4v) is 5.32. The molecule has 172 valence electrons. The van der Waals surface area contributed by atoms with Crippen molar-refractivity contribution in [1.29, 1.82) is 0 Å². The quantitative estimate of drug-likeness (QED) is 0.696. The van der Waals surface area contributed by atoms with Crippen LogP contribution in [-0.4, -0.2) is 69.0 Å². The maximum Gasteiger partial charge on any atom is 0.406 e. The van der Waals surface area contributed by atoms with Gasteiger partial charge >= 0.3 is 6.18 Å². The Bertz CT molecular complexity index is 961. The first-order valence-corrected chi connectivity index (χ1v) is 12.2. The average Bonchev–Trinajstić information content (AvgIpc) is 3.16. The molecule has 0 spiro atoms. The molecule has 0 saturated heterocycles. The lowest BCUT2D eigenvalue weighted by Crippen LogP contribution is -2.54. The van der Waals surface area contributed by atoms with Crippen LogP contribution in [0.3, 0.4) is 0 Å². The zero-order valence-electron chi connectivity index (χ0n) is 17.2. The van der Waals surface area contributed by atoms with E-state index in [1.54, 1.807) is 0 Å². The molecule has 2 aliphatic heterocycles. The first-order valence-electron chi connectivity index (χ1n) is 10.3. The fourth-order valence-electron chi connectivity index (χ4n) is 4.78.